The lowest BCUT2D eigenvalue weighted by molar-refractivity contribution is 0.685. The predicted octanol–water partition coefficient (Wildman–Crippen LogP) is 3.48. The van der Waals surface area contributed by atoms with E-state index in [0.717, 1.165) is 38.4 Å². The molecule has 8 heteroatoms. The summed E-state index contributed by atoms with van der Waals surface area (Å²) in [6.07, 6.45) is 7.71. The van der Waals surface area contributed by atoms with Gasteiger partial charge in [-0.2, -0.15) is 5.10 Å². The third-order valence-corrected chi connectivity index (χ3v) is 5.36. The Hall–Kier alpha value is -1.94. The molecule has 3 aromatic rings. The highest BCUT2D eigenvalue weighted by molar-refractivity contribution is 14.0. The molecule has 150 valence electrons. The molecule has 0 aliphatic carbocycles. The number of benzene rings is 1. The van der Waals surface area contributed by atoms with Crippen molar-refractivity contribution in [2.24, 2.45) is 4.99 Å². The molecule has 0 radical (unpaired) electrons. The lowest BCUT2D eigenvalue weighted by Crippen LogP contribution is -2.37. The number of hydrogen-bond donors (Lipinski definition) is 2. The Kier molecular flexibility index (Phi) is 9.42. The van der Waals surface area contributed by atoms with Gasteiger partial charge in [0.1, 0.15) is 0 Å². The molecule has 28 heavy (non-hydrogen) atoms. The first kappa shape index (κ1) is 22.4. The van der Waals surface area contributed by atoms with Gasteiger partial charge in [0, 0.05) is 50.0 Å². The number of hydrogen-bond acceptors (Lipinski definition) is 4. The molecular weight excluding hydrogens is 483 g/mol. The van der Waals surface area contributed by atoms with Crippen LogP contribution in [0.4, 0.5) is 0 Å². The maximum Gasteiger partial charge on any atom is 0.191 e. The lowest BCUT2D eigenvalue weighted by atomic mass is 10.1. The van der Waals surface area contributed by atoms with Crippen molar-refractivity contribution < 1.29 is 0 Å². The van der Waals surface area contributed by atoms with Crippen molar-refractivity contribution in [1.29, 1.82) is 0 Å². The Morgan fingerprint density at radius 1 is 1.21 bits per heavy atom. The number of rotatable bonds is 8. The Labute approximate surface area is 187 Å². The molecule has 0 saturated carbocycles. The molecule has 0 spiro atoms. The normalized spacial score (nSPS) is 11.1. The molecule has 0 atom stereocenters. The summed E-state index contributed by atoms with van der Waals surface area (Å²) in [7, 11) is 1.79. The minimum Gasteiger partial charge on any atom is -0.356 e. The smallest absolute Gasteiger partial charge is 0.191 e. The van der Waals surface area contributed by atoms with E-state index in [-0.39, 0.29) is 24.0 Å². The number of thiazole rings is 1. The lowest BCUT2D eigenvalue weighted by Gasteiger charge is -2.12. The van der Waals surface area contributed by atoms with E-state index in [4.69, 9.17) is 0 Å². The molecule has 0 saturated heterocycles. The van der Waals surface area contributed by atoms with Gasteiger partial charge in [0.25, 0.3) is 0 Å². The second-order valence-electron chi connectivity index (χ2n) is 6.20. The van der Waals surface area contributed by atoms with Crippen LogP contribution in [0.25, 0.3) is 0 Å². The van der Waals surface area contributed by atoms with Gasteiger partial charge in [-0.3, -0.25) is 9.67 Å². The van der Waals surface area contributed by atoms with Gasteiger partial charge < -0.3 is 10.6 Å². The van der Waals surface area contributed by atoms with E-state index < -0.39 is 0 Å². The van der Waals surface area contributed by atoms with Crippen LogP contribution in [0.1, 0.15) is 27.9 Å². The average Bonchev–Trinajstić information content (AvgIpc) is 3.36. The molecule has 3 rings (SSSR count). The van der Waals surface area contributed by atoms with Crippen LogP contribution in [0, 0.1) is 0 Å². The minimum atomic E-state index is 0. The molecule has 0 unspecified atom stereocenters. The van der Waals surface area contributed by atoms with Gasteiger partial charge in [-0.25, -0.2) is 4.98 Å². The monoisotopic (exact) mass is 510 g/mol. The molecule has 2 heterocycles. The number of nitrogens with one attached hydrogen (secondary N) is 2. The van der Waals surface area contributed by atoms with Crippen LogP contribution in [0.3, 0.4) is 0 Å². The fourth-order valence-corrected chi connectivity index (χ4v) is 3.60. The fraction of sp³-hybridized carbons (Fsp3) is 0.350. The average molecular weight is 510 g/mol. The van der Waals surface area contributed by atoms with E-state index >= 15 is 0 Å². The first-order valence-corrected chi connectivity index (χ1v) is 10.0. The summed E-state index contributed by atoms with van der Waals surface area (Å²) in [6.45, 7) is 4.48. The Balaban J connectivity index is 0.00000280. The van der Waals surface area contributed by atoms with Crippen LogP contribution in [-0.4, -0.2) is 34.3 Å². The zero-order valence-corrected chi connectivity index (χ0v) is 19.4. The molecule has 2 N–H and O–H groups in total. The van der Waals surface area contributed by atoms with Crippen LogP contribution in [0.5, 0.6) is 0 Å². The number of guanidine groups is 1. The summed E-state index contributed by atoms with van der Waals surface area (Å²) in [5, 5.41) is 12.2. The summed E-state index contributed by atoms with van der Waals surface area (Å²) in [5.74, 6) is 0.805. The van der Waals surface area contributed by atoms with Gasteiger partial charge >= 0.3 is 0 Å². The number of aryl methyl sites for hydroxylation is 1. The van der Waals surface area contributed by atoms with Crippen LogP contribution in [0.2, 0.25) is 0 Å². The Morgan fingerprint density at radius 3 is 2.79 bits per heavy atom. The van der Waals surface area contributed by atoms with Crippen molar-refractivity contribution in [3.63, 3.8) is 0 Å². The quantitative estimate of drug-likeness (QED) is 0.277. The maximum absolute atomic E-state index is 4.45. The summed E-state index contributed by atoms with van der Waals surface area (Å²) >= 11 is 1.79. The third kappa shape index (κ3) is 6.90. The van der Waals surface area contributed by atoms with E-state index in [9.17, 15) is 0 Å². The summed E-state index contributed by atoms with van der Waals surface area (Å²) in [5.41, 5.74) is 2.45. The largest absolute Gasteiger partial charge is 0.356 e. The number of nitrogens with zero attached hydrogens (tertiary/aromatic N) is 4. The fourth-order valence-electron chi connectivity index (χ4n) is 2.74. The zero-order valence-electron chi connectivity index (χ0n) is 16.3. The van der Waals surface area contributed by atoms with Gasteiger partial charge in [-0.15, -0.1) is 35.3 Å². The third-order valence-electron chi connectivity index (χ3n) is 4.16. The molecule has 0 fully saturated rings. The van der Waals surface area contributed by atoms with E-state index in [1.807, 2.05) is 23.1 Å². The highest BCUT2D eigenvalue weighted by atomic mass is 127. The molecule has 1 aromatic carbocycles. The van der Waals surface area contributed by atoms with Crippen molar-refractivity contribution >= 4 is 41.3 Å². The van der Waals surface area contributed by atoms with Crippen molar-refractivity contribution in [3.8, 4) is 0 Å². The van der Waals surface area contributed by atoms with Gasteiger partial charge in [0.05, 0.1) is 11.6 Å². The molecule has 6 nitrogen and oxygen atoms in total. The molecule has 0 aliphatic rings. The van der Waals surface area contributed by atoms with E-state index in [1.54, 1.807) is 24.6 Å². The SMILES string of the molecule is CCc1cnc(CCNC(=NC)NCc2cccc(Cn3cccn3)c2)s1.I. The van der Waals surface area contributed by atoms with Gasteiger partial charge in [0.15, 0.2) is 5.96 Å². The van der Waals surface area contributed by atoms with Crippen LogP contribution in [-0.2, 0) is 25.9 Å². The van der Waals surface area contributed by atoms with Crippen LogP contribution < -0.4 is 10.6 Å². The zero-order chi connectivity index (χ0) is 18.9. The predicted molar refractivity (Wildman–Crippen MR) is 127 cm³/mol. The summed E-state index contributed by atoms with van der Waals surface area (Å²) < 4.78 is 1.93. The Bertz CT molecular complexity index is 859. The first-order chi connectivity index (χ1) is 13.3. The first-order valence-electron chi connectivity index (χ1n) is 9.20. The van der Waals surface area contributed by atoms with Gasteiger partial charge in [0.2, 0.25) is 0 Å². The minimum absolute atomic E-state index is 0. The van der Waals surface area contributed by atoms with Gasteiger partial charge in [-0.05, 0) is 23.6 Å². The van der Waals surface area contributed by atoms with Crippen molar-refractivity contribution in [2.45, 2.75) is 32.9 Å². The second kappa shape index (κ2) is 11.8. The second-order valence-corrected chi connectivity index (χ2v) is 7.40. The van der Waals surface area contributed by atoms with Gasteiger partial charge in [-0.1, -0.05) is 31.2 Å². The summed E-state index contributed by atoms with van der Waals surface area (Å²) in [6, 6.07) is 10.5. The molecule has 0 aliphatic heterocycles. The maximum atomic E-state index is 4.45. The van der Waals surface area contributed by atoms with Crippen molar-refractivity contribution in [1.82, 2.24) is 25.4 Å². The number of aliphatic imine (C=N–C) groups is 1. The van der Waals surface area contributed by atoms with Crippen LogP contribution in [0.15, 0.2) is 53.9 Å². The molecule has 0 amide bonds. The highest BCUT2D eigenvalue weighted by Crippen LogP contribution is 2.13. The van der Waals surface area contributed by atoms with Crippen LogP contribution >= 0.6 is 35.3 Å². The molecular formula is C20H27IN6S. The van der Waals surface area contributed by atoms with E-state index in [2.05, 4.69) is 56.9 Å². The van der Waals surface area contributed by atoms with Crippen molar-refractivity contribution in [2.75, 3.05) is 13.6 Å². The Morgan fingerprint density at radius 2 is 2.07 bits per heavy atom. The van der Waals surface area contributed by atoms with E-state index in [1.165, 1.54) is 21.0 Å². The molecule has 0 bridgehead atoms. The van der Waals surface area contributed by atoms with E-state index in [0.29, 0.717) is 0 Å². The number of halogens is 1. The van der Waals surface area contributed by atoms with Crippen molar-refractivity contribution in [3.05, 3.63) is 69.9 Å². The standard InChI is InChI=1S/C20H26N6S.HI/c1-3-18-14-23-19(27-18)8-10-22-20(21-2)24-13-16-6-4-7-17(12-16)15-26-11-5-9-25-26;/h4-7,9,11-12,14H,3,8,10,13,15H2,1-2H3,(H2,21,22,24);1H. The molecule has 2 aromatic heterocycles. The topological polar surface area (TPSA) is 67.1 Å². The number of aromatic nitrogens is 3. The highest BCUT2D eigenvalue weighted by Gasteiger charge is 2.03. The summed E-state index contributed by atoms with van der Waals surface area (Å²) in [4.78, 5) is 10.1.